The number of ether oxygens (including phenoxy) is 3. The predicted molar refractivity (Wildman–Crippen MR) is 64.0 cm³/mol. The molecule has 2 fully saturated rings. The van der Waals surface area contributed by atoms with E-state index in [0.717, 1.165) is 0 Å². The van der Waals surface area contributed by atoms with Gasteiger partial charge in [0, 0.05) is 6.07 Å². The van der Waals surface area contributed by atoms with Crippen LogP contribution in [0.4, 0.5) is 0 Å². The fourth-order valence-corrected chi connectivity index (χ4v) is 3.25. The van der Waals surface area contributed by atoms with Gasteiger partial charge in [-0.3, -0.25) is 14.3 Å². The number of aromatic nitrogens is 2. The Morgan fingerprint density at radius 1 is 1.25 bits per heavy atom. The molecule has 0 saturated carbocycles. The molecule has 2 N–H and O–H groups in total. The van der Waals surface area contributed by atoms with Gasteiger partial charge in [0.2, 0.25) is 0 Å². The van der Waals surface area contributed by atoms with Gasteiger partial charge < -0.3 is 19.3 Å². The van der Waals surface area contributed by atoms with Gasteiger partial charge in [0.15, 0.2) is 12.0 Å². The van der Waals surface area contributed by atoms with Crippen LogP contribution in [0.5, 0.6) is 0 Å². The molecule has 3 aliphatic heterocycles. The van der Waals surface area contributed by atoms with Crippen molar-refractivity contribution in [2.24, 2.45) is 0 Å². The lowest BCUT2D eigenvalue weighted by molar-refractivity contribution is -0.218. The first kappa shape index (κ1) is 12.3. The van der Waals surface area contributed by atoms with E-state index in [9.17, 15) is 14.7 Å². The SMILES string of the molecule is CC1(C)O[C@H]2[C@@H](O1)[C@H]1O[C@@H]2[C@@H](O)c2cc(=O)[nH]c(=O)n21. The lowest BCUT2D eigenvalue weighted by atomic mass is 10.1. The van der Waals surface area contributed by atoms with Crippen LogP contribution in [0.3, 0.4) is 0 Å². The minimum absolute atomic E-state index is 0.236. The molecule has 20 heavy (non-hydrogen) atoms. The van der Waals surface area contributed by atoms with Crippen LogP contribution in [0.25, 0.3) is 0 Å². The van der Waals surface area contributed by atoms with Crippen molar-refractivity contribution < 1.29 is 19.3 Å². The molecule has 108 valence electrons. The summed E-state index contributed by atoms with van der Waals surface area (Å²) < 4.78 is 18.4. The van der Waals surface area contributed by atoms with Gasteiger partial charge in [-0.2, -0.15) is 0 Å². The average molecular weight is 282 g/mol. The molecule has 8 nitrogen and oxygen atoms in total. The molecule has 1 aromatic heterocycles. The van der Waals surface area contributed by atoms with E-state index in [2.05, 4.69) is 4.98 Å². The number of nitrogens with zero attached hydrogens (tertiary/aromatic N) is 1. The van der Waals surface area contributed by atoms with Crippen LogP contribution in [0.1, 0.15) is 31.9 Å². The fourth-order valence-electron chi connectivity index (χ4n) is 3.25. The van der Waals surface area contributed by atoms with E-state index in [-0.39, 0.29) is 5.69 Å². The molecule has 0 aromatic carbocycles. The Bertz CT molecular complexity index is 692. The zero-order valence-corrected chi connectivity index (χ0v) is 10.9. The molecule has 0 radical (unpaired) electrons. The van der Waals surface area contributed by atoms with E-state index in [4.69, 9.17) is 14.2 Å². The molecule has 1 aromatic rings. The third-order valence-electron chi connectivity index (χ3n) is 3.94. The number of aliphatic hydroxyl groups excluding tert-OH is 1. The summed E-state index contributed by atoms with van der Waals surface area (Å²) in [5, 5.41) is 10.3. The molecule has 0 spiro atoms. The van der Waals surface area contributed by atoms with Crippen LogP contribution in [0, 0.1) is 0 Å². The summed E-state index contributed by atoms with van der Waals surface area (Å²) in [7, 11) is 0. The zero-order chi connectivity index (χ0) is 14.2. The fraction of sp³-hybridized carbons (Fsp3) is 0.667. The molecule has 5 atom stereocenters. The van der Waals surface area contributed by atoms with Crippen molar-refractivity contribution in [3.05, 3.63) is 32.6 Å². The van der Waals surface area contributed by atoms with Gasteiger partial charge in [0.05, 0.1) is 5.69 Å². The lowest BCUT2D eigenvalue weighted by Crippen LogP contribution is -2.43. The molecule has 4 rings (SSSR count). The maximum absolute atomic E-state index is 12.0. The number of nitrogens with one attached hydrogen (secondary N) is 1. The molecule has 0 unspecified atom stereocenters. The van der Waals surface area contributed by atoms with E-state index < -0.39 is 47.7 Å². The molecule has 8 heteroatoms. The Kier molecular flexibility index (Phi) is 2.20. The third-order valence-corrected chi connectivity index (χ3v) is 3.94. The van der Waals surface area contributed by atoms with Crippen molar-refractivity contribution in [1.29, 1.82) is 0 Å². The normalized spacial score (nSPS) is 40.5. The molecular weight excluding hydrogens is 268 g/mol. The quantitative estimate of drug-likeness (QED) is 0.633. The minimum Gasteiger partial charge on any atom is -0.384 e. The Labute approximate surface area is 112 Å². The summed E-state index contributed by atoms with van der Waals surface area (Å²) in [4.78, 5) is 25.6. The molecule has 0 amide bonds. The number of aliphatic hydroxyl groups is 1. The van der Waals surface area contributed by atoms with Crippen LogP contribution < -0.4 is 11.2 Å². The van der Waals surface area contributed by atoms with Crippen LogP contribution in [0.15, 0.2) is 15.7 Å². The maximum Gasteiger partial charge on any atom is 0.330 e. The second-order valence-corrected chi connectivity index (χ2v) is 5.73. The standard InChI is InChI=1S/C12H14N2O6/c1-12(2)19-8-7-6(16)4-3-5(15)13-11(17)14(4)10(18-7)9(8)20-12/h3,6-10,16H,1-2H3,(H,13,15,17)/t6-,7+,8+,9+,10+/m0/s1. The highest BCUT2D eigenvalue weighted by Crippen LogP contribution is 2.49. The number of fused-ring (bicyclic) bond motifs is 7. The molecule has 0 aliphatic carbocycles. The number of rotatable bonds is 0. The Morgan fingerprint density at radius 2 is 1.95 bits per heavy atom. The van der Waals surface area contributed by atoms with Crippen molar-refractivity contribution in [2.45, 2.75) is 50.3 Å². The minimum atomic E-state index is -1.10. The van der Waals surface area contributed by atoms with Gasteiger partial charge in [0.25, 0.3) is 5.56 Å². The van der Waals surface area contributed by atoms with Crippen molar-refractivity contribution >= 4 is 0 Å². The average Bonchev–Trinajstić information content (AvgIpc) is 2.79. The maximum atomic E-state index is 12.0. The highest BCUT2D eigenvalue weighted by Gasteiger charge is 2.61. The van der Waals surface area contributed by atoms with Crippen LogP contribution in [-0.2, 0) is 14.2 Å². The summed E-state index contributed by atoms with van der Waals surface area (Å²) in [5.41, 5.74) is -0.933. The van der Waals surface area contributed by atoms with Crippen molar-refractivity contribution in [1.82, 2.24) is 9.55 Å². The predicted octanol–water partition coefficient (Wildman–Crippen LogP) is -0.999. The second kappa shape index (κ2) is 3.59. The Hall–Kier alpha value is -1.48. The van der Waals surface area contributed by atoms with Crippen LogP contribution in [-0.4, -0.2) is 38.8 Å². The first-order valence-electron chi connectivity index (χ1n) is 6.42. The summed E-state index contributed by atoms with van der Waals surface area (Å²) >= 11 is 0. The van der Waals surface area contributed by atoms with E-state index in [1.54, 1.807) is 13.8 Å². The lowest BCUT2D eigenvalue weighted by Gasteiger charge is -2.32. The van der Waals surface area contributed by atoms with Gasteiger partial charge in [-0.15, -0.1) is 0 Å². The monoisotopic (exact) mass is 282 g/mol. The topological polar surface area (TPSA) is 103 Å². The third kappa shape index (κ3) is 1.44. The molecular formula is C12H14N2O6. The summed E-state index contributed by atoms with van der Waals surface area (Å²) in [6, 6.07) is 1.21. The van der Waals surface area contributed by atoms with E-state index in [0.29, 0.717) is 0 Å². The number of hydrogen-bond donors (Lipinski definition) is 2. The summed E-state index contributed by atoms with van der Waals surface area (Å²) in [5.74, 6) is -0.793. The summed E-state index contributed by atoms with van der Waals surface area (Å²) in [6.07, 6.45) is -3.41. The van der Waals surface area contributed by atoms with Gasteiger partial charge in [-0.05, 0) is 13.8 Å². The van der Waals surface area contributed by atoms with Gasteiger partial charge in [0.1, 0.15) is 24.4 Å². The van der Waals surface area contributed by atoms with E-state index in [1.807, 2.05) is 0 Å². The molecule has 2 bridgehead atoms. The second-order valence-electron chi connectivity index (χ2n) is 5.73. The number of H-pyrrole nitrogens is 1. The molecule has 3 aliphatic rings. The Balaban J connectivity index is 1.90. The Morgan fingerprint density at radius 3 is 2.70 bits per heavy atom. The van der Waals surface area contributed by atoms with Gasteiger partial charge in [-0.1, -0.05) is 0 Å². The van der Waals surface area contributed by atoms with Crippen LogP contribution in [0.2, 0.25) is 0 Å². The van der Waals surface area contributed by atoms with E-state index in [1.165, 1.54) is 10.6 Å². The van der Waals surface area contributed by atoms with E-state index >= 15 is 0 Å². The largest absolute Gasteiger partial charge is 0.384 e. The van der Waals surface area contributed by atoms with Crippen molar-refractivity contribution in [2.75, 3.05) is 0 Å². The highest BCUT2D eigenvalue weighted by molar-refractivity contribution is 5.17. The highest BCUT2D eigenvalue weighted by atomic mass is 16.8. The first-order valence-corrected chi connectivity index (χ1v) is 6.42. The van der Waals surface area contributed by atoms with Gasteiger partial charge in [-0.25, -0.2) is 4.79 Å². The molecule has 2 saturated heterocycles. The number of aromatic amines is 1. The van der Waals surface area contributed by atoms with Crippen LogP contribution >= 0.6 is 0 Å². The number of hydrogen-bond acceptors (Lipinski definition) is 6. The molecule has 4 heterocycles. The smallest absolute Gasteiger partial charge is 0.330 e. The van der Waals surface area contributed by atoms with Crippen molar-refractivity contribution in [3.8, 4) is 0 Å². The van der Waals surface area contributed by atoms with Crippen molar-refractivity contribution in [3.63, 3.8) is 0 Å². The summed E-state index contributed by atoms with van der Waals surface area (Å²) in [6.45, 7) is 3.54. The first-order chi connectivity index (χ1) is 9.37. The zero-order valence-electron chi connectivity index (χ0n) is 10.9. The van der Waals surface area contributed by atoms with Gasteiger partial charge >= 0.3 is 5.69 Å².